The fourth-order valence-corrected chi connectivity index (χ4v) is 1.72. The van der Waals surface area contributed by atoms with Crippen molar-refractivity contribution in [1.29, 1.82) is 0 Å². The second kappa shape index (κ2) is 7.43. The van der Waals surface area contributed by atoms with Crippen molar-refractivity contribution in [1.82, 2.24) is 10.3 Å². The molecule has 1 amide bonds. The van der Waals surface area contributed by atoms with E-state index in [-0.39, 0.29) is 30.7 Å². The van der Waals surface area contributed by atoms with Gasteiger partial charge in [-0.15, -0.1) is 24.8 Å². The molecule has 2 rings (SSSR count). The number of carbonyl (C=O) groups is 1. The predicted octanol–water partition coefficient (Wildman–Crippen LogP) is 2.55. The lowest BCUT2D eigenvalue weighted by Gasteiger charge is -2.24. The summed E-state index contributed by atoms with van der Waals surface area (Å²) in [7, 11) is 0. The Balaban J connectivity index is 0.00000180. The van der Waals surface area contributed by atoms with E-state index in [4.69, 9.17) is 5.73 Å². The number of benzene rings is 1. The molecule has 1 heterocycles. The highest BCUT2D eigenvalue weighted by molar-refractivity contribution is 6.05. The normalized spacial score (nSPS) is 10.3. The van der Waals surface area contributed by atoms with Crippen LogP contribution in [0, 0.1) is 0 Å². The van der Waals surface area contributed by atoms with Gasteiger partial charge in [0.15, 0.2) is 0 Å². The zero-order valence-electron chi connectivity index (χ0n) is 11.4. The van der Waals surface area contributed by atoms with Crippen molar-refractivity contribution in [2.45, 2.75) is 19.4 Å². The zero-order chi connectivity index (χ0) is 13.2. The van der Waals surface area contributed by atoms with Gasteiger partial charge in [-0.05, 0) is 25.3 Å². The van der Waals surface area contributed by atoms with Crippen LogP contribution < -0.4 is 11.1 Å². The van der Waals surface area contributed by atoms with E-state index in [1.807, 2.05) is 44.2 Å². The van der Waals surface area contributed by atoms with Crippen molar-refractivity contribution >= 4 is 41.5 Å². The number of carbonyl (C=O) groups excluding carboxylic acids is 1. The van der Waals surface area contributed by atoms with E-state index in [2.05, 4.69) is 10.3 Å². The van der Waals surface area contributed by atoms with Gasteiger partial charge in [-0.25, -0.2) is 0 Å². The van der Waals surface area contributed by atoms with Crippen LogP contribution in [0.25, 0.3) is 10.8 Å². The average molecular weight is 316 g/mol. The Hall–Kier alpha value is -1.36. The Labute approximate surface area is 131 Å². The molecular formula is C14H19Cl2N3O. The van der Waals surface area contributed by atoms with Crippen molar-refractivity contribution in [3.8, 4) is 0 Å². The summed E-state index contributed by atoms with van der Waals surface area (Å²) in [4.78, 5) is 16.4. The van der Waals surface area contributed by atoms with Gasteiger partial charge in [-0.2, -0.15) is 0 Å². The lowest BCUT2D eigenvalue weighted by Crippen LogP contribution is -2.49. The number of pyridine rings is 1. The number of fused-ring (bicyclic) bond motifs is 1. The number of nitrogens with two attached hydrogens (primary N) is 1. The van der Waals surface area contributed by atoms with Gasteiger partial charge in [-0.3, -0.25) is 9.78 Å². The highest BCUT2D eigenvalue weighted by Gasteiger charge is 2.21. The van der Waals surface area contributed by atoms with Crippen molar-refractivity contribution in [3.05, 3.63) is 42.2 Å². The number of nitrogens with zero attached hydrogens (tertiary/aromatic N) is 1. The van der Waals surface area contributed by atoms with Gasteiger partial charge in [-0.1, -0.05) is 24.3 Å². The summed E-state index contributed by atoms with van der Waals surface area (Å²) in [5, 5.41) is 4.74. The van der Waals surface area contributed by atoms with Gasteiger partial charge in [0.1, 0.15) is 5.69 Å². The molecule has 4 nitrogen and oxygen atoms in total. The van der Waals surface area contributed by atoms with E-state index in [0.29, 0.717) is 12.2 Å². The van der Waals surface area contributed by atoms with E-state index < -0.39 is 5.54 Å². The lowest BCUT2D eigenvalue weighted by atomic mass is 10.0. The van der Waals surface area contributed by atoms with Gasteiger partial charge < -0.3 is 11.1 Å². The van der Waals surface area contributed by atoms with Gasteiger partial charge in [0.25, 0.3) is 5.91 Å². The molecule has 2 aromatic rings. The number of hydrogen-bond donors (Lipinski definition) is 2. The van der Waals surface area contributed by atoms with E-state index in [1.165, 1.54) is 0 Å². The lowest BCUT2D eigenvalue weighted by molar-refractivity contribution is 0.0912. The Kier molecular flexibility index (Phi) is 6.92. The molecule has 0 atom stereocenters. The monoisotopic (exact) mass is 315 g/mol. The quantitative estimate of drug-likeness (QED) is 0.914. The first kappa shape index (κ1) is 18.6. The standard InChI is InChI=1S/C14H17N3O.2ClH/c1-14(2,9-15)17-13(18)12-11-6-4-3-5-10(11)7-8-16-12;;/h3-8H,9,15H2,1-2H3,(H,17,18);2*1H. The fourth-order valence-electron chi connectivity index (χ4n) is 1.72. The van der Waals surface area contributed by atoms with E-state index >= 15 is 0 Å². The Morgan fingerprint density at radius 1 is 1.25 bits per heavy atom. The third-order valence-electron chi connectivity index (χ3n) is 2.85. The van der Waals surface area contributed by atoms with Crippen molar-refractivity contribution in [2.75, 3.05) is 6.54 Å². The predicted molar refractivity (Wildman–Crippen MR) is 86.8 cm³/mol. The van der Waals surface area contributed by atoms with Crippen LogP contribution in [0.4, 0.5) is 0 Å². The number of aromatic nitrogens is 1. The minimum Gasteiger partial charge on any atom is -0.345 e. The molecular weight excluding hydrogens is 297 g/mol. The molecule has 0 unspecified atom stereocenters. The first-order valence-electron chi connectivity index (χ1n) is 5.90. The first-order valence-corrected chi connectivity index (χ1v) is 5.90. The highest BCUT2D eigenvalue weighted by atomic mass is 35.5. The second-order valence-corrected chi connectivity index (χ2v) is 4.92. The maximum absolute atomic E-state index is 12.2. The molecule has 3 N–H and O–H groups in total. The second-order valence-electron chi connectivity index (χ2n) is 4.92. The van der Waals surface area contributed by atoms with Crippen LogP contribution in [0.15, 0.2) is 36.5 Å². The Bertz CT molecular complexity index is 582. The van der Waals surface area contributed by atoms with E-state index in [9.17, 15) is 4.79 Å². The van der Waals surface area contributed by atoms with Crippen LogP contribution in [-0.2, 0) is 0 Å². The molecule has 0 radical (unpaired) electrons. The largest absolute Gasteiger partial charge is 0.345 e. The van der Waals surface area contributed by atoms with Crippen molar-refractivity contribution < 1.29 is 4.79 Å². The first-order chi connectivity index (χ1) is 8.53. The van der Waals surface area contributed by atoms with Crippen molar-refractivity contribution in [3.63, 3.8) is 0 Å². The van der Waals surface area contributed by atoms with Crippen LogP contribution in [-0.4, -0.2) is 23.0 Å². The van der Waals surface area contributed by atoms with Crippen LogP contribution in [0.2, 0.25) is 0 Å². The number of hydrogen-bond acceptors (Lipinski definition) is 3. The Morgan fingerprint density at radius 3 is 2.55 bits per heavy atom. The summed E-state index contributed by atoms with van der Waals surface area (Å²) in [6, 6.07) is 9.58. The third-order valence-corrected chi connectivity index (χ3v) is 2.85. The SMILES string of the molecule is CC(C)(CN)NC(=O)c1nccc2ccccc12.Cl.Cl. The molecule has 1 aromatic carbocycles. The summed E-state index contributed by atoms with van der Waals surface area (Å²) in [5.41, 5.74) is 5.61. The number of rotatable bonds is 3. The van der Waals surface area contributed by atoms with E-state index in [1.54, 1.807) is 6.20 Å². The summed E-state index contributed by atoms with van der Waals surface area (Å²) in [5.74, 6) is -0.192. The van der Waals surface area contributed by atoms with Gasteiger partial charge in [0.2, 0.25) is 0 Å². The number of halogens is 2. The molecule has 0 aliphatic carbocycles. The van der Waals surface area contributed by atoms with Gasteiger partial charge in [0, 0.05) is 23.7 Å². The number of amides is 1. The molecule has 0 fully saturated rings. The molecule has 0 saturated heterocycles. The molecule has 0 saturated carbocycles. The molecule has 0 aliphatic rings. The maximum Gasteiger partial charge on any atom is 0.270 e. The highest BCUT2D eigenvalue weighted by Crippen LogP contribution is 2.16. The number of nitrogens with one attached hydrogen (secondary N) is 1. The Morgan fingerprint density at radius 2 is 1.90 bits per heavy atom. The van der Waals surface area contributed by atoms with Crippen LogP contribution in [0.5, 0.6) is 0 Å². The molecule has 6 heteroatoms. The summed E-state index contributed by atoms with van der Waals surface area (Å²) >= 11 is 0. The van der Waals surface area contributed by atoms with E-state index in [0.717, 1.165) is 10.8 Å². The summed E-state index contributed by atoms with van der Waals surface area (Å²) in [6.07, 6.45) is 1.65. The summed E-state index contributed by atoms with van der Waals surface area (Å²) in [6.45, 7) is 4.15. The van der Waals surface area contributed by atoms with Crippen LogP contribution in [0.1, 0.15) is 24.3 Å². The maximum atomic E-state index is 12.2. The molecule has 0 aliphatic heterocycles. The topological polar surface area (TPSA) is 68.0 Å². The zero-order valence-corrected chi connectivity index (χ0v) is 13.1. The summed E-state index contributed by atoms with van der Waals surface area (Å²) < 4.78 is 0. The van der Waals surface area contributed by atoms with Gasteiger partial charge >= 0.3 is 0 Å². The molecule has 20 heavy (non-hydrogen) atoms. The average Bonchev–Trinajstić information content (AvgIpc) is 2.37. The van der Waals surface area contributed by atoms with Crippen LogP contribution >= 0.6 is 24.8 Å². The van der Waals surface area contributed by atoms with Gasteiger partial charge in [0.05, 0.1) is 0 Å². The minimum absolute atomic E-state index is 0. The smallest absolute Gasteiger partial charge is 0.270 e. The molecule has 0 spiro atoms. The molecule has 0 bridgehead atoms. The van der Waals surface area contributed by atoms with Crippen molar-refractivity contribution in [2.24, 2.45) is 5.73 Å². The molecule has 110 valence electrons. The minimum atomic E-state index is -0.435. The molecule has 1 aromatic heterocycles. The third kappa shape index (κ3) is 4.07. The fraction of sp³-hybridized carbons (Fsp3) is 0.286. The van der Waals surface area contributed by atoms with Crippen LogP contribution in [0.3, 0.4) is 0 Å².